The van der Waals surface area contributed by atoms with Crippen molar-refractivity contribution in [2.75, 3.05) is 67.6 Å². The SMILES string of the molecule is COc1ccc(C[C@@H]2NC(=O)[C@H]([C@@H](C)O)NC(=O)[C@@H]3[C@@H]4CCN3C(=O)[C@H]3CC(=O)[C@H](Cc5cccc(c5)CNC(=O)CO4)NC(=O)[C@@H](CCC(=O)CCCCC[N+](C)(C)C)NC(=O)[C@H](C)NC(=O)CCC(=O)NCc4cc(cc(c4)OCCCCn4cc(c5cc(F)ccc54)C3)CCNC(=O)[C@]3(C)CCCN3C2=O)cc1.[CH3-]. The van der Waals surface area contributed by atoms with Gasteiger partial charge >= 0.3 is 0 Å². The van der Waals surface area contributed by atoms with Gasteiger partial charge in [-0.05, 0) is 174 Å². The van der Waals surface area contributed by atoms with Gasteiger partial charge in [0.2, 0.25) is 59.1 Å². The molecule has 4 aromatic carbocycles. The standard InChI is InChI=1S/C82H107FN12O16.CH3/c1-50-75(102)88-64(24-21-60(97)17-9-8-11-35-95(4,5)6)76(103)89-65-42-53-15-13-16-55(37-53)46-86-72(101)49-111-69-29-34-93-74(69)78(105)91-73(51(2)96)77(104)90-66(41-52-18-22-61(109-7)23-19-52)80(107)94-33-14-30-82(94,3)81(108)84-31-28-54-38-56(47-85-70(99)26-27-71(100)87-50)40-62(39-54)110-36-12-10-32-92-48-58(43-57(79(93)106)44-68(65)98)63-45-59(83)20-25-67(63)92;/h13,15-16,18-20,22-23,25,37-40,45,48,50-51,57,64-66,69,73-74,96H,8-12,14,17,21,24,26-36,41-44,46-47,49H2,1-7H3,(H7-,84,85,86,87,88,89,90,91,99,100,101,102,103,104,105,108);1H3/q;-1/p+1/t50-,51+,57+,64+,65-,66-,69-,73-,74-,82-;/m0./s1. The summed E-state index contributed by atoms with van der Waals surface area (Å²) in [5.74, 6) is -9.44. The number of ether oxygens (including phenoxy) is 3. The van der Waals surface area contributed by atoms with Crippen LogP contribution in [0.5, 0.6) is 11.5 Å². The molecule has 112 heavy (non-hydrogen) atoms. The minimum absolute atomic E-state index is 0. The summed E-state index contributed by atoms with van der Waals surface area (Å²) >= 11 is 0. The number of aliphatic hydroxyl groups is 1. The van der Waals surface area contributed by atoms with Crippen LogP contribution in [-0.4, -0.2) is 216 Å². The Kier molecular flexibility index (Phi) is 30.2. The van der Waals surface area contributed by atoms with Crippen molar-refractivity contribution in [1.29, 1.82) is 0 Å². The van der Waals surface area contributed by atoms with Crippen molar-refractivity contribution in [3.63, 3.8) is 0 Å². The Balaban J connectivity index is 0.0000144. The van der Waals surface area contributed by atoms with Gasteiger partial charge in [-0.25, -0.2) is 4.39 Å². The lowest BCUT2D eigenvalue weighted by Crippen LogP contribution is -2.63. The van der Waals surface area contributed by atoms with E-state index in [-0.39, 0.29) is 123 Å². The van der Waals surface area contributed by atoms with Gasteiger partial charge in [0.05, 0.1) is 59.7 Å². The molecular weight excluding hydrogens is 1440 g/mol. The van der Waals surface area contributed by atoms with Crippen molar-refractivity contribution in [2.45, 2.75) is 210 Å². The summed E-state index contributed by atoms with van der Waals surface area (Å²) in [4.78, 5) is 180. The number of aliphatic hydroxyl groups excluding tert-OH is 1. The Bertz CT molecular complexity index is 4240. The number of nitrogens with zero attached hydrogens (tertiary/aromatic N) is 4. The zero-order chi connectivity index (χ0) is 79.7. The van der Waals surface area contributed by atoms with E-state index in [2.05, 4.69) is 63.7 Å². The highest BCUT2D eigenvalue weighted by Gasteiger charge is 2.50. The summed E-state index contributed by atoms with van der Waals surface area (Å²) in [6, 6.07) is 14.0. The first-order chi connectivity index (χ1) is 53.0. The van der Waals surface area contributed by atoms with E-state index in [1.807, 2.05) is 16.7 Å². The lowest BCUT2D eigenvalue weighted by molar-refractivity contribution is -0.870. The highest BCUT2D eigenvalue weighted by Crippen LogP contribution is 2.34. The maximum atomic E-state index is 16.3. The van der Waals surface area contributed by atoms with E-state index in [1.165, 1.54) is 42.9 Å². The van der Waals surface area contributed by atoms with Crippen LogP contribution in [0.25, 0.3) is 10.9 Å². The van der Waals surface area contributed by atoms with Gasteiger partial charge in [-0.3, -0.25) is 57.5 Å². The fourth-order valence-electron chi connectivity index (χ4n) is 15.3. The van der Waals surface area contributed by atoms with Crippen molar-refractivity contribution in [3.05, 3.63) is 138 Å². The molecule has 29 heteroatoms. The first-order valence-electron chi connectivity index (χ1n) is 38.8. The lowest BCUT2D eigenvalue weighted by Gasteiger charge is -2.37. The number of aryl methyl sites for hydroxylation is 1. The van der Waals surface area contributed by atoms with Gasteiger partial charge in [-0.15, -0.1) is 0 Å². The molecule has 10 atom stereocenters. The van der Waals surface area contributed by atoms with Crippen LogP contribution in [0.3, 0.4) is 0 Å². The van der Waals surface area contributed by atoms with E-state index in [0.29, 0.717) is 88.0 Å². The van der Waals surface area contributed by atoms with Crippen LogP contribution in [0, 0.1) is 19.2 Å². The molecule has 5 aromatic rings. The molecular formula is C83H111FN12O16. The number of quaternary nitrogens is 1. The highest BCUT2D eigenvalue weighted by molar-refractivity contribution is 6.00. The zero-order valence-electron chi connectivity index (χ0n) is 65.7. The summed E-state index contributed by atoms with van der Waals surface area (Å²) in [6.07, 6.45) is 0.741. The summed E-state index contributed by atoms with van der Waals surface area (Å²) in [5, 5.41) is 34.5. The molecule has 0 unspecified atom stereocenters. The van der Waals surface area contributed by atoms with E-state index in [9.17, 15) is 33.9 Å². The van der Waals surface area contributed by atoms with Crippen LogP contribution in [0.4, 0.5) is 4.39 Å². The first kappa shape index (κ1) is 85.9. The molecule has 606 valence electrons. The number of methoxy groups -OCH3 is 1. The minimum Gasteiger partial charge on any atom is -0.497 e. The Morgan fingerprint density at radius 3 is 2.18 bits per heavy atom. The van der Waals surface area contributed by atoms with E-state index in [4.69, 9.17) is 14.2 Å². The van der Waals surface area contributed by atoms with Crippen molar-refractivity contribution in [2.24, 2.45) is 5.92 Å². The second kappa shape index (κ2) is 39.4. The minimum atomic E-state index is -1.84. The van der Waals surface area contributed by atoms with Gasteiger partial charge in [-0.2, -0.15) is 0 Å². The summed E-state index contributed by atoms with van der Waals surface area (Å²) < 4.78 is 36.7. The average Bonchev–Trinajstić information content (AvgIpc) is 1.55. The first-order valence-corrected chi connectivity index (χ1v) is 38.8. The van der Waals surface area contributed by atoms with Crippen molar-refractivity contribution >= 4 is 81.5 Å². The molecule has 2 fully saturated rings. The van der Waals surface area contributed by atoms with Crippen LogP contribution in [-0.2, 0) is 108 Å². The molecule has 5 aliphatic rings. The molecule has 6 heterocycles. The molecule has 9 N–H and O–H groups in total. The number of amides is 10. The monoisotopic (exact) mass is 1550 g/mol. The van der Waals surface area contributed by atoms with E-state index < -0.39 is 144 Å². The second-order valence-corrected chi connectivity index (χ2v) is 31.3. The number of hydrogen-bond donors (Lipinski definition) is 9. The molecule has 10 amide bonds. The highest BCUT2D eigenvalue weighted by atomic mass is 19.1. The molecule has 1 aromatic heterocycles. The Labute approximate surface area is 654 Å². The number of Topliss-reactive ketones (excluding diaryl/α,β-unsaturated/α-hetero) is 2. The fourth-order valence-corrected chi connectivity index (χ4v) is 15.3. The van der Waals surface area contributed by atoms with Gasteiger partial charge in [0.15, 0.2) is 5.78 Å². The predicted molar refractivity (Wildman–Crippen MR) is 415 cm³/mol. The number of halogens is 1. The van der Waals surface area contributed by atoms with Crippen LogP contribution in [0.2, 0.25) is 0 Å². The number of ketones is 2. The number of aromatic nitrogens is 1. The van der Waals surface area contributed by atoms with E-state index in [0.717, 1.165) is 23.9 Å². The number of carbonyl (C=O) groups excluding carboxylic acids is 12. The number of hydrogen-bond acceptors (Lipinski definition) is 16. The van der Waals surface area contributed by atoms with Gasteiger partial charge in [0.1, 0.15) is 65.5 Å². The molecule has 10 rings (SSSR count). The number of unbranched alkanes of at least 4 members (excludes halogenated alkanes) is 2. The third-order valence-electron chi connectivity index (χ3n) is 21.6. The molecule has 0 aliphatic carbocycles. The molecule has 5 aliphatic heterocycles. The van der Waals surface area contributed by atoms with Gasteiger partial charge in [-0.1, -0.05) is 42.5 Å². The van der Waals surface area contributed by atoms with E-state index >= 15 is 33.2 Å². The topological polar surface area (TPSA) is 360 Å². The van der Waals surface area contributed by atoms with Crippen molar-refractivity contribution in [3.8, 4) is 11.5 Å². The van der Waals surface area contributed by atoms with Gasteiger partial charge in [0, 0.05) is 101 Å². The molecule has 12 bridgehead atoms. The maximum absolute atomic E-state index is 16.3. The lowest BCUT2D eigenvalue weighted by atomic mass is 9.88. The largest absolute Gasteiger partial charge is 0.497 e. The van der Waals surface area contributed by atoms with Gasteiger partial charge < -0.3 is 88.1 Å². The van der Waals surface area contributed by atoms with Crippen LogP contribution in [0.1, 0.15) is 144 Å². The molecule has 0 radical (unpaired) electrons. The second-order valence-electron chi connectivity index (χ2n) is 31.3. The van der Waals surface area contributed by atoms with Crippen LogP contribution < -0.4 is 52.0 Å². The van der Waals surface area contributed by atoms with Crippen molar-refractivity contribution in [1.82, 2.24) is 56.9 Å². The third-order valence-corrected chi connectivity index (χ3v) is 21.6. The van der Waals surface area contributed by atoms with Crippen molar-refractivity contribution < 1.29 is 85.7 Å². The molecule has 2 saturated heterocycles. The number of benzene rings is 4. The average molecular weight is 1550 g/mol. The zero-order valence-corrected chi connectivity index (χ0v) is 65.7. The van der Waals surface area contributed by atoms with Crippen LogP contribution in [0.15, 0.2) is 91.1 Å². The van der Waals surface area contributed by atoms with Gasteiger partial charge in [0.25, 0.3) is 0 Å². The Hall–Kier alpha value is -10.1. The number of carbonyl (C=O) groups is 12. The number of rotatable bonds is 13. The van der Waals surface area contributed by atoms with Crippen LogP contribution >= 0.6 is 0 Å². The smallest absolute Gasteiger partial charge is 0.246 e. The Morgan fingerprint density at radius 2 is 1.42 bits per heavy atom. The summed E-state index contributed by atoms with van der Waals surface area (Å²) in [7, 11) is 7.72. The quantitative estimate of drug-likeness (QED) is 0.0453. The predicted octanol–water partition coefficient (Wildman–Crippen LogP) is 4.22. The number of nitrogens with one attached hydrogen (secondary N) is 8. The molecule has 28 nitrogen and oxygen atoms in total. The third kappa shape index (κ3) is 23.3. The normalized spacial score (nSPS) is 24.6. The molecule has 0 saturated carbocycles. The molecule has 0 spiro atoms. The number of fused-ring (bicyclic) bond motifs is 12. The Morgan fingerprint density at radius 1 is 0.696 bits per heavy atom. The summed E-state index contributed by atoms with van der Waals surface area (Å²) in [6.45, 7) is 5.02. The fraction of sp³-hybridized carbons (Fsp3) is 0.530. The maximum Gasteiger partial charge on any atom is 0.246 e. The summed E-state index contributed by atoms with van der Waals surface area (Å²) in [5.41, 5.74) is 2.53. The van der Waals surface area contributed by atoms with E-state index in [1.54, 1.807) is 73.8 Å².